The molecule has 1 heterocycles. The Morgan fingerprint density at radius 3 is 2.60 bits per heavy atom. The van der Waals surface area contributed by atoms with Crippen LogP contribution >= 0.6 is 0 Å². The van der Waals surface area contributed by atoms with Gasteiger partial charge < -0.3 is 4.74 Å². The van der Waals surface area contributed by atoms with E-state index in [1.54, 1.807) is 0 Å². The molecule has 0 amide bonds. The van der Waals surface area contributed by atoms with Gasteiger partial charge in [-0.15, -0.1) is 0 Å². The lowest BCUT2D eigenvalue weighted by atomic mass is 10.3. The molecule has 4 nitrogen and oxygen atoms in total. The average molecular weight is 166 g/mol. The van der Waals surface area contributed by atoms with Gasteiger partial charge in [0.05, 0.1) is 18.5 Å². The minimum Gasteiger partial charge on any atom is -0.373 e. The van der Waals surface area contributed by atoms with Crippen LogP contribution in [-0.2, 0) is 14.9 Å². The average Bonchev–Trinajstić information content (AvgIpc) is 2.45. The van der Waals surface area contributed by atoms with Crippen molar-refractivity contribution in [2.75, 3.05) is 12.4 Å². The second kappa shape index (κ2) is 2.86. The summed E-state index contributed by atoms with van der Waals surface area (Å²) in [6.45, 7) is 0.742. The van der Waals surface area contributed by atoms with Crippen LogP contribution in [0.2, 0.25) is 0 Å². The summed E-state index contributed by atoms with van der Waals surface area (Å²) in [6, 6.07) is 0. The lowest BCUT2D eigenvalue weighted by molar-refractivity contribution is 0.393. The second-order valence-corrected chi connectivity index (χ2v) is 3.96. The maximum atomic E-state index is 10.1. The Balaban J connectivity index is 2.04. The zero-order valence-corrected chi connectivity index (χ0v) is 6.30. The smallest absolute Gasteiger partial charge is 0.264 e. The highest BCUT2D eigenvalue weighted by Crippen LogP contribution is 2.15. The second-order valence-electron chi connectivity index (χ2n) is 2.38. The van der Waals surface area contributed by atoms with Gasteiger partial charge in [0, 0.05) is 0 Å². The number of rotatable bonds is 4. The maximum Gasteiger partial charge on any atom is 0.264 e. The molecule has 0 aromatic rings. The van der Waals surface area contributed by atoms with Crippen LogP contribution in [0.3, 0.4) is 0 Å². The van der Waals surface area contributed by atoms with E-state index in [0.717, 1.165) is 13.0 Å². The molecule has 1 unspecified atom stereocenters. The Morgan fingerprint density at radius 2 is 2.20 bits per heavy atom. The van der Waals surface area contributed by atoms with Crippen molar-refractivity contribution < 1.29 is 17.7 Å². The van der Waals surface area contributed by atoms with E-state index >= 15 is 0 Å². The van der Waals surface area contributed by atoms with E-state index in [0.29, 0.717) is 6.42 Å². The van der Waals surface area contributed by atoms with Crippen molar-refractivity contribution in [3.8, 4) is 0 Å². The summed E-state index contributed by atoms with van der Waals surface area (Å²) >= 11 is 0. The molecule has 1 aliphatic rings. The van der Waals surface area contributed by atoms with E-state index in [1.807, 2.05) is 0 Å². The van der Waals surface area contributed by atoms with E-state index in [-0.39, 0.29) is 11.9 Å². The third-order valence-corrected chi connectivity index (χ3v) is 2.14. The van der Waals surface area contributed by atoms with Gasteiger partial charge >= 0.3 is 0 Å². The van der Waals surface area contributed by atoms with Crippen molar-refractivity contribution >= 4 is 10.1 Å². The van der Waals surface area contributed by atoms with Gasteiger partial charge in [-0.05, 0) is 12.8 Å². The summed E-state index contributed by atoms with van der Waals surface area (Å²) < 4.78 is 33.4. The molecule has 0 saturated carbocycles. The Bertz CT molecular complexity index is 192. The monoisotopic (exact) mass is 166 g/mol. The largest absolute Gasteiger partial charge is 0.373 e. The van der Waals surface area contributed by atoms with Crippen molar-refractivity contribution in [1.29, 1.82) is 0 Å². The molecule has 1 fully saturated rings. The lowest BCUT2D eigenvalue weighted by Crippen LogP contribution is -2.04. The van der Waals surface area contributed by atoms with Crippen LogP contribution < -0.4 is 0 Å². The van der Waals surface area contributed by atoms with Crippen LogP contribution in [0.4, 0.5) is 0 Å². The summed E-state index contributed by atoms with van der Waals surface area (Å²) in [6.07, 6.45) is 1.48. The summed E-state index contributed by atoms with van der Waals surface area (Å²) in [5.41, 5.74) is 0. The summed E-state index contributed by atoms with van der Waals surface area (Å²) in [5, 5.41) is 0. The molecule has 0 spiro atoms. The van der Waals surface area contributed by atoms with E-state index in [2.05, 4.69) is 0 Å². The molecule has 1 atom stereocenters. The van der Waals surface area contributed by atoms with E-state index < -0.39 is 10.1 Å². The van der Waals surface area contributed by atoms with Gasteiger partial charge in [0.1, 0.15) is 0 Å². The minimum atomic E-state index is -3.75. The molecule has 0 aromatic carbocycles. The van der Waals surface area contributed by atoms with Crippen LogP contribution in [0.25, 0.3) is 0 Å². The summed E-state index contributed by atoms with van der Waals surface area (Å²) in [7, 11) is -3.75. The molecule has 1 aliphatic heterocycles. The Kier molecular flexibility index (Phi) is 2.28. The molecule has 0 radical (unpaired) electrons. The first-order chi connectivity index (χ1) is 4.58. The topological polar surface area (TPSA) is 66.9 Å². The highest BCUT2D eigenvalue weighted by molar-refractivity contribution is 7.85. The Hall–Kier alpha value is -0.130. The number of epoxide rings is 1. The van der Waals surface area contributed by atoms with E-state index in [9.17, 15) is 8.42 Å². The quantitative estimate of drug-likeness (QED) is 0.473. The van der Waals surface area contributed by atoms with Gasteiger partial charge in [0.15, 0.2) is 0 Å². The highest BCUT2D eigenvalue weighted by Gasteiger charge is 2.22. The van der Waals surface area contributed by atoms with Gasteiger partial charge in [-0.25, -0.2) is 0 Å². The maximum absolute atomic E-state index is 10.1. The fourth-order valence-corrected chi connectivity index (χ4v) is 1.26. The third-order valence-electron chi connectivity index (χ3n) is 1.33. The number of hydrogen-bond acceptors (Lipinski definition) is 3. The van der Waals surface area contributed by atoms with Gasteiger partial charge in [-0.2, -0.15) is 8.42 Å². The molecule has 5 heteroatoms. The molecule has 1 saturated heterocycles. The van der Waals surface area contributed by atoms with Gasteiger partial charge in [0.2, 0.25) is 0 Å². The molecule has 0 aromatic heterocycles. The van der Waals surface area contributed by atoms with Crippen molar-refractivity contribution in [1.82, 2.24) is 0 Å². The molecule has 0 bridgehead atoms. The summed E-state index contributed by atoms with van der Waals surface area (Å²) in [5.74, 6) is -0.146. The third kappa shape index (κ3) is 3.81. The van der Waals surface area contributed by atoms with Crippen LogP contribution in [0.1, 0.15) is 12.8 Å². The SMILES string of the molecule is O=S(=O)(O)CCCC1CO1. The predicted molar refractivity (Wildman–Crippen MR) is 35.4 cm³/mol. The Labute approximate surface area is 59.9 Å². The molecular formula is C5H10O4S. The lowest BCUT2D eigenvalue weighted by Gasteiger charge is -1.93. The molecule has 10 heavy (non-hydrogen) atoms. The van der Waals surface area contributed by atoms with Crippen molar-refractivity contribution in [3.63, 3.8) is 0 Å². The van der Waals surface area contributed by atoms with Crippen LogP contribution in [0.15, 0.2) is 0 Å². The van der Waals surface area contributed by atoms with E-state index in [1.165, 1.54) is 0 Å². The normalized spacial score (nSPS) is 24.7. The van der Waals surface area contributed by atoms with Crippen LogP contribution in [-0.4, -0.2) is 31.4 Å². The predicted octanol–water partition coefficient (Wildman–Crippen LogP) is 0.0532. The molecule has 1 N–H and O–H groups in total. The van der Waals surface area contributed by atoms with Gasteiger partial charge in [-0.1, -0.05) is 0 Å². The molecular weight excluding hydrogens is 156 g/mol. The van der Waals surface area contributed by atoms with Crippen LogP contribution in [0, 0.1) is 0 Å². The molecule has 0 aliphatic carbocycles. The fourth-order valence-electron chi connectivity index (χ4n) is 0.728. The fraction of sp³-hybridized carbons (Fsp3) is 1.00. The van der Waals surface area contributed by atoms with Crippen molar-refractivity contribution in [2.24, 2.45) is 0 Å². The first kappa shape index (κ1) is 7.97. The van der Waals surface area contributed by atoms with E-state index in [4.69, 9.17) is 9.29 Å². The standard InChI is InChI=1S/C5H10O4S/c6-10(7,8)3-1-2-5-4-9-5/h5H,1-4H2,(H,6,7,8). The zero-order chi connectivity index (χ0) is 7.61. The minimum absolute atomic E-state index is 0.146. The van der Waals surface area contributed by atoms with Crippen molar-refractivity contribution in [2.45, 2.75) is 18.9 Å². The number of hydrogen-bond donors (Lipinski definition) is 1. The molecule has 60 valence electrons. The number of ether oxygens (including phenoxy) is 1. The van der Waals surface area contributed by atoms with Crippen LogP contribution in [0.5, 0.6) is 0 Å². The highest BCUT2D eigenvalue weighted by atomic mass is 32.2. The first-order valence-electron chi connectivity index (χ1n) is 3.15. The molecule has 1 rings (SSSR count). The van der Waals surface area contributed by atoms with Gasteiger partial charge in [0.25, 0.3) is 10.1 Å². The summed E-state index contributed by atoms with van der Waals surface area (Å²) in [4.78, 5) is 0. The van der Waals surface area contributed by atoms with Crippen molar-refractivity contribution in [3.05, 3.63) is 0 Å². The Morgan fingerprint density at radius 1 is 1.60 bits per heavy atom. The van der Waals surface area contributed by atoms with Gasteiger partial charge in [-0.3, -0.25) is 4.55 Å². The zero-order valence-electron chi connectivity index (χ0n) is 5.49. The first-order valence-corrected chi connectivity index (χ1v) is 4.75.